The summed E-state index contributed by atoms with van der Waals surface area (Å²) in [7, 11) is 0. The number of fused-ring (bicyclic) bond motifs is 1. The first-order chi connectivity index (χ1) is 15.0. The molecule has 0 aromatic heterocycles. The Morgan fingerprint density at radius 2 is 1.84 bits per heavy atom. The topological polar surface area (TPSA) is 59.1 Å². The number of benzene rings is 2. The summed E-state index contributed by atoms with van der Waals surface area (Å²) in [4.78, 5) is 29.5. The second-order valence-corrected chi connectivity index (χ2v) is 9.20. The summed E-state index contributed by atoms with van der Waals surface area (Å²) < 4.78 is 10.7. The molecule has 160 valence electrons. The second-order valence-electron chi connectivity index (χ2n) is 7.80. The van der Waals surface area contributed by atoms with Crippen LogP contribution in [-0.4, -0.2) is 35.9 Å². The van der Waals surface area contributed by atoms with E-state index in [9.17, 15) is 9.59 Å². The van der Waals surface area contributed by atoms with Crippen LogP contribution < -0.4 is 14.4 Å². The lowest BCUT2D eigenvalue weighted by Crippen LogP contribution is -2.27. The van der Waals surface area contributed by atoms with Gasteiger partial charge in [-0.05, 0) is 72.5 Å². The van der Waals surface area contributed by atoms with Crippen molar-refractivity contribution in [1.29, 1.82) is 0 Å². The molecule has 0 bridgehead atoms. The van der Waals surface area contributed by atoms with Crippen molar-refractivity contribution in [3.63, 3.8) is 0 Å². The van der Waals surface area contributed by atoms with Gasteiger partial charge in [0.15, 0.2) is 11.5 Å². The molecule has 0 atom stereocenters. The first-order valence-electron chi connectivity index (χ1n) is 10.2. The number of hydrogen-bond donors (Lipinski definition) is 0. The van der Waals surface area contributed by atoms with E-state index in [4.69, 9.17) is 21.1 Å². The molecule has 2 aromatic carbocycles. The van der Waals surface area contributed by atoms with Crippen LogP contribution in [0, 0.1) is 6.92 Å². The highest BCUT2D eigenvalue weighted by Gasteiger charge is 2.36. The fourth-order valence-electron chi connectivity index (χ4n) is 4.02. The Morgan fingerprint density at radius 3 is 2.58 bits per heavy atom. The average Bonchev–Trinajstić information content (AvgIpc) is 3.48. The SMILES string of the molecule is Cc1cc(N2CCCC2)ccc1/C=C1\SC(=O)N(Cc2cc3c(cc2Cl)OCO3)C1=O. The largest absolute Gasteiger partial charge is 0.454 e. The maximum absolute atomic E-state index is 13.0. The van der Waals surface area contributed by atoms with Crippen LogP contribution in [0.5, 0.6) is 11.5 Å². The van der Waals surface area contributed by atoms with Crippen molar-refractivity contribution in [1.82, 2.24) is 4.90 Å². The lowest BCUT2D eigenvalue weighted by molar-refractivity contribution is -0.123. The van der Waals surface area contributed by atoms with Crippen LogP contribution in [0.2, 0.25) is 5.02 Å². The molecule has 6 nitrogen and oxygen atoms in total. The minimum atomic E-state index is -0.313. The molecule has 31 heavy (non-hydrogen) atoms. The van der Waals surface area contributed by atoms with Crippen LogP contribution in [0.4, 0.5) is 10.5 Å². The third-order valence-electron chi connectivity index (χ3n) is 5.75. The zero-order valence-electron chi connectivity index (χ0n) is 17.0. The molecule has 2 amide bonds. The summed E-state index contributed by atoms with van der Waals surface area (Å²) in [5.74, 6) is 0.818. The lowest BCUT2D eigenvalue weighted by Gasteiger charge is -2.18. The monoisotopic (exact) mass is 456 g/mol. The van der Waals surface area contributed by atoms with E-state index in [2.05, 4.69) is 17.0 Å². The fourth-order valence-corrected chi connectivity index (χ4v) is 5.06. The molecule has 0 unspecified atom stereocenters. The number of ether oxygens (including phenoxy) is 2. The molecule has 0 radical (unpaired) electrons. The van der Waals surface area contributed by atoms with E-state index in [0.717, 1.165) is 36.0 Å². The average molecular weight is 457 g/mol. The van der Waals surface area contributed by atoms with Crippen molar-refractivity contribution in [2.75, 3.05) is 24.8 Å². The van der Waals surface area contributed by atoms with Crippen molar-refractivity contribution >= 4 is 46.3 Å². The standard InChI is InChI=1S/C23H21ClN2O4S/c1-14-8-17(25-6-2-3-7-25)5-4-15(14)10-21-22(27)26(23(28)31-21)12-16-9-19-20(11-18(16)24)30-13-29-19/h4-5,8-11H,2-3,6-7,12-13H2,1H3/b21-10-. The van der Waals surface area contributed by atoms with Gasteiger partial charge in [0.2, 0.25) is 6.79 Å². The molecule has 8 heteroatoms. The van der Waals surface area contributed by atoms with Crippen LogP contribution >= 0.6 is 23.4 Å². The Morgan fingerprint density at radius 1 is 1.10 bits per heavy atom. The number of thioether (sulfide) groups is 1. The van der Waals surface area contributed by atoms with Gasteiger partial charge in [0.25, 0.3) is 11.1 Å². The van der Waals surface area contributed by atoms with Gasteiger partial charge in [0.05, 0.1) is 11.4 Å². The molecule has 0 N–H and O–H groups in total. The van der Waals surface area contributed by atoms with E-state index in [-0.39, 0.29) is 24.5 Å². The molecule has 0 spiro atoms. The van der Waals surface area contributed by atoms with E-state index in [1.165, 1.54) is 23.4 Å². The number of amides is 2. The van der Waals surface area contributed by atoms with Gasteiger partial charge >= 0.3 is 0 Å². The van der Waals surface area contributed by atoms with Gasteiger partial charge in [-0.3, -0.25) is 14.5 Å². The zero-order chi connectivity index (χ0) is 21.5. The van der Waals surface area contributed by atoms with Gasteiger partial charge in [0.1, 0.15) is 0 Å². The minimum Gasteiger partial charge on any atom is -0.454 e. The van der Waals surface area contributed by atoms with Crippen molar-refractivity contribution in [2.24, 2.45) is 0 Å². The van der Waals surface area contributed by atoms with E-state index in [1.807, 2.05) is 13.0 Å². The van der Waals surface area contributed by atoms with Gasteiger partial charge in [-0.1, -0.05) is 17.7 Å². The summed E-state index contributed by atoms with van der Waals surface area (Å²) in [6.45, 7) is 4.42. The molecular weight excluding hydrogens is 436 g/mol. The van der Waals surface area contributed by atoms with Crippen molar-refractivity contribution in [3.8, 4) is 11.5 Å². The van der Waals surface area contributed by atoms with Crippen LogP contribution in [0.15, 0.2) is 35.2 Å². The molecule has 2 saturated heterocycles. The van der Waals surface area contributed by atoms with Crippen LogP contribution in [-0.2, 0) is 11.3 Å². The molecule has 5 rings (SSSR count). The van der Waals surface area contributed by atoms with E-state index < -0.39 is 0 Å². The van der Waals surface area contributed by atoms with E-state index in [1.54, 1.807) is 18.2 Å². The summed E-state index contributed by atoms with van der Waals surface area (Å²) in [5.41, 5.74) is 3.86. The second kappa shape index (κ2) is 8.13. The Hall–Kier alpha value is -2.64. The number of rotatable bonds is 4. The zero-order valence-corrected chi connectivity index (χ0v) is 18.6. The highest BCUT2D eigenvalue weighted by atomic mass is 35.5. The minimum absolute atomic E-state index is 0.0877. The Balaban J connectivity index is 1.36. The van der Waals surface area contributed by atoms with Crippen molar-refractivity contribution < 1.29 is 19.1 Å². The van der Waals surface area contributed by atoms with E-state index in [0.29, 0.717) is 27.0 Å². The smallest absolute Gasteiger partial charge is 0.293 e. The van der Waals surface area contributed by atoms with Crippen LogP contribution in [0.25, 0.3) is 6.08 Å². The molecule has 0 saturated carbocycles. The molecule has 2 fully saturated rings. The summed E-state index contributed by atoms with van der Waals surface area (Å²) in [6.07, 6.45) is 4.25. The number of nitrogens with zero attached hydrogens (tertiary/aromatic N) is 2. The molecule has 3 heterocycles. The highest BCUT2D eigenvalue weighted by Crippen LogP contribution is 2.39. The third-order valence-corrected chi connectivity index (χ3v) is 7.01. The normalized spacial score (nSPS) is 19.2. The Labute approximate surface area is 189 Å². The molecular formula is C23H21ClN2O4S. The number of hydrogen-bond acceptors (Lipinski definition) is 6. The number of carbonyl (C=O) groups is 2. The van der Waals surface area contributed by atoms with Crippen LogP contribution in [0.1, 0.15) is 29.5 Å². The van der Waals surface area contributed by atoms with Gasteiger partial charge in [-0.2, -0.15) is 0 Å². The number of imide groups is 1. The first kappa shape index (κ1) is 20.3. The quantitative estimate of drug-likeness (QED) is 0.588. The van der Waals surface area contributed by atoms with Crippen LogP contribution in [0.3, 0.4) is 0 Å². The first-order valence-corrected chi connectivity index (χ1v) is 11.4. The summed E-state index contributed by atoms with van der Waals surface area (Å²) in [6, 6.07) is 9.62. The molecule has 3 aliphatic heterocycles. The molecule has 2 aromatic rings. The lowest BCUT2D eigenvalue weighted by atomic mass is 10.1. The highest BCUT2D eigenvalue weighted by molar-refractivity contribution is 8.18. The Kier molecular flexibility index (Phi) is 5.32. The van der Waals surface area contributed by atoms with E-state index >= 15 is 0 Å². The van der Waals surface area contributed by atoms with Gasteiger partial charge < -0.3 is 14.4 Å². The number of carbonyl (C=O) groups excluding carboxylic acids is 2. The maximum Gasteiger partial charge on any atom is 0.293 e. The number of halogens is 1. The third kappa shape index (κ3) is 3.88. The maximum atomic E-state index is 13.0. The number of anilines is 1. The number of aryl methyl sites for hydroxylation is 1. The molecule has 3 aliphatic rings. The van der Waals surface area contributed by atoms with Crippen molar-refractivity contribution in [3.05, 3.63) is 56.9 Å². The van der Waals surface area contributed by atoms with Gasteiger partial charge in [0, 0.05) is 29.9 Å². The Bertz CT molecular complexity index is 1110. The predicted octanol–water partition coefficient (Wildman–Crippen LogP) is 5.21. The van der Waals surface area contributed by atoms with Gasteiger partial charge in [-0.15, -0.1) is 0 Å². The molecule has 0 aliphatic carbocycles. The summed E-state index contributed by atoms with van der Waals surface area (Å²) in [5, 5.41) is 0.122. The van der Waals surface area contributed by atoms with Gasteiger partial charge in [-0.25, -0.2) is 0 Å². The predicted molar refractivity (Wildman–Crippen MR) is 122 cm³/mol. The summed E-state index contributed by atoms with van der Waals surface area (Å²) >= 11 is 7.28. The van der Waals surface area contributed by atoms with Crippen molar-refractivity contribution in [2.45, 2.75) is 26.3 Å². The fraction of sp³-hybridized carbons (Fsp3) is 0.304.